The Labute approximate surface area is 193 Å². The fraction of sp³-hybridized carbons (Fsp3) is 0.231. The summed E-state index contributed by atoms with van der Waals surface area (Å²) in [5.74, 6) is 1.44. The second kappa shape index (κ2) is 9.34. The minimum Gasteiger partial charge on any atom is -0.370 e. The monoisotopic (exact) mass is 439 g/mol. The van der Waals surface area contributed by atoms with Gasteiger partial charge in [-0.25, -0.2) is 4.98 Å². The first-order valence-electron chi connectivity index (χ1n) is 11.2. The van der Waals surface area contributed by atoms with Crippen LogP contribution in [0, 0.1) is 0 Å². The van der Waals surface area contributed by atoms with E-state index in [1.165, 1.54) is 33.0 Å². The summed E-state index contributed by atoms with van der Waals surface area (Å²) in [6.45, 7) is 2.41. The van der Waals surface area contributed by atoms with Gasteiger partial charge < -0.3 is 25.5 Å². The third-order valence-electron chi connectivity index (χ3n) is 5.76. The van der Waals surface area contributed by atoms with Gasteiger partial charge in [-0.2, -0.15) is 4.98 Å². The van der Waals surface area contributed by atoms with Crippen molar-refractivity contribution in [2.45, 2.75) is 19.5 Å². The van der Waals surface area contributed by atoms with Gasteiger partial charge in [-0.05, 0) is 79.0 Å². The Morgan fingerprint density at radius 2 is 1.79 bits per heavy atom. The summed E-state index contributed by atoms with van der Waals surface area (Å²) in [6.07, 6.45) is 6.76. The van der Waals surface area contributed by atoms with Crippen molar-refractivity contribution in [3.63, 3.8) is 0 Å². The Hall–Kier alpha value is -3.84. The molecule has 0 saturated heterocycles. The third kappa shape index (κ3) is 4.99. The summed E-state index contributed by atoms with van der Waals surface area (Å²) in [7, 11) is 4.19. The molecule has 0 atom stereocenters. The second-order valence-corrected chi connectivity index (χ2v) is 8.63. The van der Waals surface area contributed by atoms with E-state index in [0.717, 1.165) is 30.8 Å². The Morgan fingerprint density at radius 3 is 2.70 bits per heavy atom. The molecule has 33 heavy (non-hydrogen) atoms. The molecular weight excluding hydrogens is 410 g/mol. The maximum atomic E-state index is 4.62. The van der Waals surface area contributed by atoms with E-state index >= 15 is 0 Å². The van der Waals surface area contributed by atoms with E-state index in [4.69, 9.17) is 0 Å². The molecule has 0 aliphatic carbocycles. The second-order valence-electron chi connectivity index (χ2n) is 8.63. The number of H-pyrrole nitrogens is 2. The van der Waals surface area contributed by atoms with Crippen LogP contribution in [0.2, 0.25) is 0 Å². The molecule has 0 aliphatic rings. The van der Waals surface area contributed by atoms with Gasteiger partial charge in [-0.15, -0.1) is 0 Å². The first-order chi connectivity index (χ1) is 16.1. The molecule has 0 radical (unpaired) electrons. The first kappa shape index (κ1) is 21.0. The van der Waals surface area contributed by atoms with Crippen molar-refractivity contribution in [1.82, 2.24) is 24.8 Å². The van der Waals surface area contributed by atoms with E-state index in [1.54, 1.807) is 6.20 Å². The van der Waals surface area contributed by atoms with Crippen molar-refractivity contribution in [2.75, 3.05) is 31.3 Å². The van der Waals surface area contributed by atoms with E-state index < -0.39 is 0 Å². The van der Waals surface area contributed by atoms with Crippen LogP contribution in [-0.4, -0.2) is 45.5 Å². The first-order valence-corrected chi connectivity index (χ1v) is 11.2. The number of nitrogens with one attached hydrogen (secondary N) is 4. The summed E-state index contributed by atoms with van der Waals surface area (Å²) >= 11 is 0. The normalized spacial score (nSPS) is 11.5. The number of benzene rings is 2. The van der Waals surface area contributed by atoms with Crippen LogP contribution >= 0.6 is 0 Å². The number of fused-ring (bicyclic) bond motifs is 2. The molecule has 3 aromatic heterocycles. The maximum Gasteiger partial charge on any atom is 0.224 e. The SMILES string of the molecule is CN(C)Cc1ccc2[nH]cc(CCNc3ccnc(NCc4ccc5[nH]ccc5c4)n3)c2c1. The summed E-state index contributed by atoms with van der Waals surface area (Å²) in [4.78, 5) is 17.8. The lowest BCUT2D eigenvalue weighted by atomic mass is 10.1. The highest BCUT2D eigenvalue weighted by atomic mass is 15.1. The number of hydrogen-bond donors (Lipinski definition) is 4. The fourth-order valence-electron chi connectivity index (χ4n) is 4.16. The van der Waals surface area contributed by atoms with Crippen molar-refractivity contribution in [3.05, 3.63) is 83.8 Å². The van der Waals surface area contributed by atoms with E-state index in [2.05, 4.69) is 98.2 Å². The predicted molar refractivity (Wildman–Crippen MR) is 136 cm³/mol. The number of rotatable bonds is 9. The van der Waals surface area contributed by atoms with Gasteiger partial charge in [0.05, 0.1) is 0 Å². The van der Waals surface area contributed by atoms with Gasteiger partial charge in [0.1, 0.15) is 5.82 Å². The Bertz CT molecular complexity index is 1370. The van der Waals surface area contributed by atoms with Gasteiger partial charge in [0.25, 0.3) is 0 Å². The average molecular weight is 440 g/mol. The van der Waals surface area contributed by atoms with Gasteiger partial charge in [0, 0.05) is 54.6 Å². The van der Waals surface area contributed by atoms with Crippen molar-refractivity contribution >= 4 is 33.6 Å². The third-order valence-corrected chi connectivity index (χ3v) is 5.76. The summed E-state index contributed by atoms with van der Waals surface area (Å²) in [6, 6.07) is 17.0. The van der Waals surface area contributed by atoms with Crippen LogP contribution in [0.5, 0.6) is 0 Å². The topological polar surface area (TPSA) is 84.7 Å². The maximum absolute atomic E-state index is 4.62. The minimum atomic E-state index is 0.620. The lowest BCUT2D eigenvalue weighted by molar-refractivity contribution is 0.403. The zero-order valence-electron chi connectivity index (χ0n) is 19.0. The zero-order valence-corrected chi connectivity index (χ0v) is 19.0. The number of anilines is 2. The van der Waals surface area contributed by atoms with Gasteiger partial charge in [-0.1, -0.05) is 12.1 Å². The highest BCUT2D eigenvalue weighted by molar-refractivity contribution is 5.84. The van der Waals surface area contributed by atoms with E-state index in [1.807, 2.05) is 12.3 Å². The molecule has 0 spiro atoms. The summed E-state index contributed by atoms with van der Waals surface area (Å²) < 4.78 is 0. The number of aromatic nitrogens is 4. The van der Waals surface area contributed by atoms with Gasteiger partial charge in [-0.3, -0.25) is 0 Å². The molecular formula is C26H29N7. The fourth-order valence-corrected chi connectivity index (χ4v) is 4.16. The van der Waals surface area contributed by atoms with Crippen LogP contribution in [0.3, 0.4) is 0 Å². The Kier molecular flexibility index (Phi) is 5.95. The number of aromatic amines is 2. The molecule has 5 aromatic rings. The highest BCUT2D eigenvalue weighted by Gasteiger charge is 2.06. The van der Waals surface area contributed by atoms with Crippen LogP contribution in [0.15, 0.2) is 67.1 Å². The van der Waals surface area contributed by atoms with E-state index in [-0.39, 0.29) is 0 Å². The van der Waals surface area contributed by atoms with Crippen LogP contribution in [0.1, 0.15) is 16.7 Å². The molecule has 2 aromatic carbocycles. The summed E-state index contributed by atoms with van der Waals surface area (Å²) in [5, 5.41) is 9.26. The molecule has 0 unspecified atom stereocenters. The van der Waals surface area contributed by atoms with E-state index in [9.17, 15) is 0 Å². The average Bonchev–Trinajstić information content (AvgIpc) is 3.44. The van der Waals surface area contributed by atoms with Crippen molar-refractivity contribution in [1.29, 1.82) is 0 Å². The molecule has 0 saturated carbocycles. The van der Waals surface area contributed by atoms with Crippen LogP contribution in [0.4, 0.5) is 11.8 Å². The lowest BCUT2D eigenvalue weighted by Gasteiger charge is -2.10. The summed E-state index contributed by atoms with van der Waals surface area (Å²) in [5.41, 5.74) is 6.15. The number of hydrogen-bond acceptors (Lipinski definition) is 5. The largest absolute Gasteiger partial charge is 0.370 e. The molecule has 5 rings (SSSR count). The van der Waals surface area contributed by atoms with E-state index in [0.29, 0.717) is 12.5 Å². The van der Waals surface area contributed by atoms with Crippen molar-refractivity contribution in [2.24, 2.45) is 0 Å². The van der Waals surface area contributed by atoms with Crippen LogP contribution in [0.25, 0.3) is 21.8 Å². The molecule has 7 nitrogen and oxygen atoms in total. The molecule has 0 aliphatic heterocycles. The number of nitrogens with zero attached hydrogens (tertiary/aromatic N) is 3. The van der Waals surface area contributed by atoms with Crippen LogP contribution in [-0.2, 0) is 19.5 Å². The van der Waals surface area contributed by atoms with Gasteiger partial charge in [0.15, 0.2) is 0 Å². The molecule has 3 heterocycles. The van der Waals surface area contributed by atoms with Crippen LogP contribution < -0.4 is 10.6 Å². The molecule has 168 valence electrons. The molecule has 7 heteroatoms. The van der Waals surface area contributed by atoms with Gasteiger partial charge in [0.2, 0.25) is 5.95 Å². The molecule has 4 N–H and O–H groups in total. The van der Waals surface area contributed by atoms with Gasteiger partial charge >= 0.3 is 0 Å². The quantitative estimate of drug-likeness (QED) is 0.266. The predicted octanol–water partition coefficient (Wildman–Crippen LogP) is 4.77. The van der Waals surface area contributed by atoms with Crippen molar-refractivity contribution in [3.8, 4) is 0 Å². The highest BCUT2D eigenvalue weighted by Crippen LogP contribution is 2.21. The minimum absolute atomic E-state index is 0.620. The molecule has 0 amide bonds. The zero-order chi connectivity index (χ0) is 22.6. The smallest absolute Gasteiger partial charge is 0.224 e. The molecule has 0 fully saturated rings. The van der Waals surface area contributed by atoms with Crippen molar-refractivity contribution < 1.29 is 0 Å². The Balaban J connectivity index is 1.19. The Morgan fingerprint density at radius 1 is 0.909 bits per heavy atom. The molecule has 0 bridgehead atoms. The lowest BCUT2D eigenvalue weighted by Crippen LogP contribution is -2.10. The standard InChI is InChI=1S/C26H29N7/c1-33(2)17-19-4-6-24-22(14-19)21(16-30-24)8-11-28-25-9-12-29-26(32-25)31-15-18-3-5-23-20(13-18)7-10-27-23/h3-7,9-10,12-14,16,27,30H,8,11,15,17H2,1-2H3,(H2,28,29,31,32).